The molecule has 0 unspecified atom stereocenters. The van der Waals surface area contributed by atoms with Crippen LogP contribution in [0.15, 0.2) is 30.1 Å². The molecule has 84 valence electrons. The lowest BCUT2D eigenvalue weighted by Crippen LogP contribution is -2.21. The molecule has 0 saturated heterocycles. The zero-order valence-electron chi connectivity index (χ0n) is 8.84. The maximum atomic E-state index is 11.4. The average molecular weight is 220 g/mol. The number of nitrogens with one attached hydrogen (secondary N) is 1. The number of amides is 1. The van der Waals surface area contributed by atoms with Crippen molar-refractivity contribution in [2.75, 3.05) is 6.61 Å². The van der Waals surface area contributed by atoms with Gasteiger partial charge in [0.15, 0.2) is 0 Å². The first-order valence-corrected chi connectivity index (χ1v) is 4.78. The van der Waals surface area contributed by atoms with Crippen molar-refractivity contribution < 1.29 is 14.3 Å². The summed E-state index contributed by atoms with van der Waals surface area (Å²) in [5.74, 6) is -0.583. The zero-order valence-corrected chi connectivity index (χ0v) is 8.84. The summed E-state index contributed by atoms with van der Waals surface area (Å²) in [6.07, 6.45) is 3.47. The summed E-state index contributed by atoms with van der Waals surface area (Å²) in [7, 11) is 0. The molecule has 1 amide bonds. The van der Waals surface area contributed by atoms with Gasteiger partial charge in [-0.1, -0.05) is 6.07 Å². The van der Waals surface area contributed by atoms with E-state index in [2.05, 4.69) is 10.3 Å². The Morgan fingerprint density at radius 2 is 2.38 bits per heavy atom. The molecule has 0 bridgehead atoms. The molecule has 1 aromatic rings. The van der Waals surface area contributed by atoms with Gasteiger partial charge in [-0.25, -0.2) is 4.79 Å². The number of aromatic nitrogens is 1. The Hall–Kier alpha value is -2.17. The predicted octanol–water partition coefficient (Wildman–Crippen LogP) is 0.732. The quantitative estimate of drug-likeness (QED) is 0.451. The third-order valence-electron chi connectivity index (χ3n) is 1.69. The van der Waals surface area contributed by atoms with Crippen LogP contribution >= 0.6 is 0 Å². The van der Waals surface area contributed by atoms with Gasteiger partial charge in [0.25, 0.3) is 0 Å². The highest BCUT2D eigenvalue weighted by molar-refractivity contribution is 5.94. The second kappa shape index (κ2) is 6.34. The van der Waals surface area contributed by atoms with Crippen LogP contribution in [0, 0.1) is 0 Å². The van der Waals surface area contributed by atoms with E-state index in [9.17, 15) is 9.59 Å². The monoisotopic (exact) mass is 220 g/mol. The van der Waals surface area contributed by atoms with Gasteiger partial charge in [-0.3, -0.25) is 9.78 Å². The van der Waals surface area contributed by atoms with Gasteiger partial charge in [0, 0.05) is 6.20 Å². The van der Waals surface area contributed by atoms with E-state index in [4.69, 9.17) is 4.74 Å². The molecule has 0 atom stereocenters. The molecule has 0 radical (unpaired) electrons. The average Bonchev–Trinajstić information content (AvgIpc) is 2.30. The van der Waals surface area contributed by atoms with E-state index >= 15 is 0 Å². The van der Waals surface area contributed by atoms with Gasteiger partial charge in [0.2, 0.25) is 6.41 Å². The van der Waals surface area contributed by atoms with Crippen LogP contribution in [-0.4, -0.2) is 24.0 Å². The van der Waals surface area contributed by atoms with Gasteiger partial charge in [-0.05, 0) is 25.1 Å². The molecule has 0 fully saturated rings. The normalized spacial score (nSPS) is 10.7. The fourth-order valence-corrected chi connectivity index (χ4v) is 1.04. The smallest absolute Gasteiger partial charge is 0.354 e. The number of carbonyl (C=O) groups is 2. The second-order valence-electron chi connectivity index (χ2n) is 2.80. The molecular formula is C11H12N2O3. The minimum Gasteiger partial charge on any atom is -0.461 e. The van der Waals surface area contributed by atoms with Crippen LogP contribution in [0.1, 0.15) is 12.6 Å². The van der Waals surface area contributed by atoms with Crippen molar-refractivity contribution in [3.63, 3.8) is 0 Å². The van der Waals surface area contributed by atoms with Crippen molar-refractivity contribution in [1.82, 2.24) is 10.3 Å². The number of carbonyl (C=O) groups excluding carboxylic acids is 2. The van der Waals surface area contributed by atoms with Crippen molar-refractivity contribution >= 4 is 18.5 Å². The summed E-state index contributed by atoms with van der Waals surface area (Å²) >= 11 is 0. The van der Waals surface area contributed by atoms with Crippen molar-refractivity contribution in [2.24, 2.45) is 0 Å². The lowest BCUT2D eigenvalue weighted by molar-refractivity contribution is -0.139. The van der Waals surface area contributed by atoms with Gasteiger partial charge in [0.1, 0.15) is 5.70 Å². The summed E-state index contributed by atoms with van der Waals surface area (Å²) < 4.78 is 4.77. The topological polar surface area (TPSA) is 68.3 Å². The van der Waals surface area contributed by atoms with Gasteiger partial charge < -0.3 is 10.1 Å². The Morgan fingerprint density at radius 1 is 1.56 bits per heavy atom. The summed E-state index contributed by atoms with van der Waals surface area (Å²) in [6.45, 7) is 1.94. The Balaban J connectivity index is 2.88. The molecule has 1 N–H and O–H groups in total. The summed E-state index contributed by atoms with van der Waals surface area (Å²) in [6, 6.07) is 5.25. The molecule has 16 heavy (non-hydrogen) atoms. The lowest BCUT2D eigenvalue weighted by Gasteiger charge is -2.04. The molecule has 5 nitrogen and oxygen atoms in total. The fourth-order valence-electron chi connectivity index (χ4n) is 1.04. The number of rotatable bonds is 5. The third-order valence-corrected chi connectivity index (χ3v) is 1.69. The highest BCUT2D eigenvalue weighted by atomic mass is 16.5. The Morgan fingerprint density at radius 3 is 2.94 bits per heavy atom. The van der Waals surface area contributed by atoms with E-state index in [1.807, 2.05) is 0 Å². The van der Waals surface area contributed by atoms with Gasteiger partial charge in [-0.15, -0.1) is 0 Å². The van der Waals surface area contributed by atoms with Crippen molar-refractivity contribution in [3.8, 4) is 0 Å². The number of hydrogen-bond acceptors (Lipinski definition) is 4. The van der Waals surface area contributed by atoms with Gasteiger partial charge in [-0.2, -0.15) is 0 Å². The third kappa shape index (κ3) is 3.53. The van der Waals surface area contributed by atoms with Crippen LogP contribution in [0.2, 0.25) is 0 Å². The van der Waals surface area contributed by atoms with E-state index in [1.165, 1.54) is 6.08 Å². The number of esters is 1. The first-order chi connectivity index (χ1) is 7.77. The standard InChI is InChI=1S/C11H12N2O3/c1-2-16-11(15)10(13-8-14)7-9-5-3-4-6-12-9/h3-8H,2H2,1H3,(H,13,14)/b10-7-. The predicted molar refractivity (Wildman–Crippen MR) is 58.0 cm³/mol. The Kier molecular flexibility index (Phi) is 4.72. The van der Waals surface area contributed by atoms with E-state index in [0.717, 1.165) is 0 Å². The van der Waals surface area contributed by atoms with Crippen LogP contribution in [0.4, 0.5) is 0 Å². The minimum absolute atomic E-state index is 0.0653. The molecule has 1 heterocycles. The Bertz CT molecular complexity index is 387. The first kappa shape index (κ1) is 11.9. The zero-order chi connectivity index (χ0) is 11.8. The van der Waals surface area contributed by atoms with Crippen LogP contribution in [0.25, 0.3) is 6.08 Å². The number of pyridine rings is 1. The van der Waals surface area contributed by atoms with E-state index in [-0.39, 0.29) is 12.3 Å². The molecule has 0 saturated carbocycles. The molecule has 5 heteroatoms. The second-order valence-corrected chi connectivity index (χ2v) is 2.80. The molecule has 0 aliphatic carbocycles. The van der Waals surface area contributed by atoms with Crippen molar-refractivity contribution in [1.29, 1.82) is 0 Å². The largest absolute Gasteiger partial charge is 0.461 e. The summed E-state index contributed by atoms with van der Waals surface area (Å²) in [5, 5.41) is 2.28. The van der Waals surface area contributed by atoms with Crippen LogP contribution in [0.3, 0.4) is 0 Å². The van der Waals surface area contributed by atoms with E-state index < -0.39 is 5.97 Å². The lowest BCUT2D eigenvalue weighted by atomic mass is 10.3. The number of ether oxygens (including phenoxy) is 1. The van der Waals surface area contributed by atoms with Gasteiger partial charge in [0.05, 0.1) is 12.3 Å². The summed E-state index contributed by atoms with van der Waals surface area (Å²) in [4.78, 5) is 25.7. The molecule has 1 aromatic heterocycles. The highest BCUT2D eigenvalue weighted by Gasteiger charge is 2.09. The van der Waals surface area contributed by atoms with E-state index in [1.54, 1.807) is 31.3 Å². The fraction of sp³-hybridized carbons (Fsp3) is 0.182. The van der Waals surface area contributed by atoms with Crippen LogP contribution in [0.5, 0.6) is 0 Å². The van der Waals surface area contributed by atoms with Gasteiger partial charge >= 0.3 is 5.97 Å². The maximum Gasteiger partial charge on any atom is 0.354 e. The molecule has 0 aromatic carbocycles. The highest BCUT2D eigenvalue weighted by Crippen LogP contribution is 2.02. The van der Waals surface area contributed by atoms with Crippen LogP contribution < -0.4 is 5.32 Å². The molecule has 0 spiro atoms. The summed E-state index contributed by atoms with van der Waals surface area (Å²) in [5.41, 5.74) is 0.635. The van der Waals surface area contributed by atoms with Crippen molar-refractivity contribution in [3.05, 3.63) is 35.8 Å². The maximum absolute atomic E-state index is 11.4. The number of hydrogen-bond donors (Lipinski definition) is 1. The SMILES string of the molecule is CCOC(=O)/C(=C/c1ccccn1)NC=O. The molecular weight excluding hydrogens is 208 g/mol. The molecule has 1 rings (SSSR count). The Labute approximate surface area is 93.1 Å². The molecule has 0 aliphatic rings. The van der Waals surface area contributed by atoms with Crippen LogP contribution in [-0.2, 0) is 14.3 Å². The minimum atomic E-state index is -0.583. The van der Waals surface area contributed by atoms with Crippen molar-refractivity contribution in [2.45, 2.75) is 6.92 Å². The molecule has 0 aliphatic heterocycles. The number of nitrogens with zero attached hydrogens (tertiary/aromatic N) is 1. The van der Waals surface area contributed by atoms with E-state index in [0.29, 0.717) is 12.1 Å². The first-order valence-electron chi connectivity index (χ1n) is 4.78.